The van der Waals surface area contributed by atoms with Crippen LogP contribution in [0.2, 0.25) is 0 Å². The van der Waals surface area contributed by atoms with Crippen LogP contribution in [0.5, 0.6) is 5.75 Å². The van der Waals surface area contributed by atoms with Gasteiger partial charge in [0.2, 0.25) is 0 Å². The van der Waals surface area contributed by atoms with Gasteiger partial charge in [0.05, 0.1) is 13.7 Å². The molecular formula is C11H15NO4S. The summed E-state index contributed by atoms with van der Waals surface area (Å²) < 4.78 is 9.92. The lowest BCUT2D eigenvalue weighted by Gasteiger charge is -2.13. The lowest BCUT2D eigenvalue weighted by Crippen LogP contribution is -2.21. The summed E-state index contributed by atoms with van der Waals surface area (Å²) in [6, 6.07) is 5.13. The number of hydrogen-bond donors (Lipinski definition) is 2. The standard InChI is InChI=1S/C11H15NO4S/c1-15-6-10(11(13)14)17-9-5-7(16-2)3-4-8(9)12/h3-5,10H,6,12H2,1-2H3,(H,13,14). The number of carboxylic acids is 1. The predicted molar refractivity (Wildman–Crippen MR) is 66.6 cm³/mol. The van der Waals surface area contributed by atoms with Crippen LogP contribution in [0.15, 0.2) is 23.1 Å². The number of thioether (sulfide) groups is 1. The Morgan fingerprint density at radius 3 is 2.76 bits per heavy atom. The minimum atomic E-state index is -0.931. The van der Waals surface area contributed by atoms with E-state index in [1.807, 2.05) is 0 Å². The Morgan fingerprint density at radius 1 is 1.53 bits per heavy atom. The van der Waals surface area contributed by atoms with E-state index in [0.29, 0.717) is 16.3 Å². The van der Waals surface area contributed by atoms with Gasteiger partial charge >= 0.3 is 5.97 Å². The first-order valence-electron chi connectivity index (χ1n) is 4.90. The summed E-state index contributed by atoms with van der Waals surface area (Å²) in [5.41, 5.74) is 6.30. The number of aliphatic carboxylic acids is 1. The van der Waals surface area contributed by atoms with Crippen molar-refractivity contribution in [2.24, 2.45) is 0 Å². The summed E-state index contributed by atoms with van der Waals surface area (Å²) in [6.07, 6.45) is 0. The van der Waals surface area contributed by atoms with Gasteiger partial charge in [0.15, 0.2) is 0 Å². The molecule has 0 aliphatic rings. The summed E-state index contributed by atoms with van der Waals surface area (Å²) in [5.74, 6) is -0.290. The summed E-state index contributed by atoms with van der Waals surface area (Å²) in [4.78, 5) is 11.7. The molecule has 1 unspecified atom stereocenters. The lowest BCUT2D eigenvalue weighted by atomic mass is 10.3. The van der Waals surface area contributed by atoms with Crippen molar-refractivity contribution in [3.8, 4) is 5.75 Å². The van der Waals surface area contributed by atoms with Gasteiger partial charge in [0, 0.05) is 17.7 Å². The number of anilines is 1. The van der Waals surface area contributed by atoms with Crippen molar-refractivity contribution in [2.45, 2.75) is 10.1 Å². The van der Waals surface area contributed by atoms with Crippen LogP contribution in [0.4, 0.5) is 5.69 Å². The van der Waals surface area contributed by atoms with Gasteiger partial charge in [-0.1, -0.05) is 0 Å². The zero-order chi connectivity index (χ0) is 12.8. The van der Waals surface area contributed by atoms with E-state index in [0.717, 1.165) is 11.8 Å². The van der Waals surface area contributed by atoms with Crippen LogP contribution in [0.1, 0.15) is 0 Å². The minimum absolute atomic E-state index is 0.122. The molecule has 0 saturated heterocycles. The number of carbonyl (C=O) groups is 1. The average molecular weight is 257 g/mol. The molecule has 6 heteroatoms. The molecule has 0 bridgehead atoms. The second kappa shape index (κ2) is 6.36. The third-order valence-corrected chi connectivity index (χ3v) is 3.31. The van der Waals surface area contributed by atoms with E-state index in [9.17, 15) is 4.79 Å². The van der Waals surface area contributed by atoms with Gasteiger partial charge in [-0.25, -0.2) is 0 Å². The molecule has 0 fully saturated rings. The van der Waals surface area contributed by atoms with Crippen LogP contribution in [-0.2, 0) is 9.53 Å². The molecule has 0 saturated carbocycles. The van der Waals surface area contributed by atoms with Gasteiger partial charge in [-0.2, -0.15) is 0 Å². The van der Waals surface area contributed by atoms with Gasteiger partial charge in [-0.3, -0.25) is 4.79 Å². The first-order valence-corrected chi connectivity index (χ1v) is 5.78. The number of rotatable bonds is 6. The predicted octanol–water partition coefficient (Wildman–Crippen LogP) is 1.47. The summed E-state index contributed by atoms with van der Waals surface area (Å²) in [7, 11) is 3.01. The Labute approximate surface area is 104 Å². The maximum absolute atomic E-state index is 11.0. The number of nitrogen functional groups attached to an aromatic ring is 1. The second-order valence-corrected chi connectivity index (χ2v) is 4.55. The van der Waals surface area contributed by atoms with Crippen molar-refractivity contribution >= 4 is 23.4 Å². The number of hydrogen-bond acceptors (Lipinski definition) is 5. The van der Waals surface area contributed by atoms with Gasteiger partial charge in [-0.15, -0.1) is 11.8 Å². The van der Waals surface area contributed by atoms with Gasteiger partial charge < -0.3 is 20.3 Å². The lowest BCUT2D eigenvalue weighted by molar-refractivity contribution is -0.137. The molecule has 94 valence electrons. The zero-order valence-corrected chi connectivity index (χ0v) is 10.5. The van der Waals surface area contributed by atoms with Crippen molar-refractivity contribution in [1.29, 1.82) is 0 Å². The molecule has 1 aromatic rings. The molecule has 1 aromatic carbocycles. The quantitative estimate of drug-likeness (QED) is 0.593. The molecule has 0 amide bonds. The number of ether oxygens (including phenoxy) is 2. The molecule has 0 aliphatic heterocycles. The van der Waals surface area contributed by atoms with Gasteiger partial charge in [0.25, 0.3) is 0 Å². The molecule has 0 heterocycles. The fourth-order valence-electron chi connectivity index (χ4n) is 1.20. The molecule has 17 heavy (non-hydrogen) atoms. The third-order valence-electron chi connectivity index (χ3n) is 2.08. The Morgan fingerprint density at radius 2 is 2.24 bits per heavy atom. The molecule has 1 rings (SSSR count). The van der Waals surface area contributed by atoms with Gasteiger partial charge in [0.1, 0.15) is 11.0 Å². The van der Waals surface area contributed by atoms with Crippen LogP contribution >= 0.6 is 11.8 Å². The van der Waals surface area contributed by atoms with Crippen LogP contribution in [-0.4, -0.2) is 37.2 Å². The molecular weight excluding hydrogens is 242 g/mol. The molecule has 0 aromatic heterocycles. The monoisotopic (exact) mass is 257 g/mol. The van der Waals surface area contributed by atoms with E-state index in [1.54, 1.807) is 25.3 Å². The van der Waals surface area contributed by atoms with Crippen molar-refractivity contribution < 1.29 is 19.4 Å². The number of methoxy groups -OCH3 is 2. The van der Waals surface area contributed by atoms with E-state index in [2.05, 4.69) is 0 Å². The van der Waals surface area contributed by atoms with E-state index in [1.165, 1.54) is 7.11 Å². The van der Waals surface area contributed by atoms with Crippen molar-refractivity contribution in [2.75, 3.05) is 26.6 Å². The molecule has 1 atom stereocenters. The van der Waals surface area contributed by atoms with Crippen LogP contribution in [0, 0.1) is 0 Å². The normalized spacial score (nSPS) is 12.1. The highest BCUT2D eigenvalue weighted by molar-refractivity contribution is 8.00. The molecule has 0 radical (unpaired) electrons. The summed E-state index contributed by atoms with van der Waals surface area (Å²) in [6.45, 7) is 0.122. The van der Waals surface area contributed by atoms with E-state index in [-0.39, 0.29) is 6.61 Å². The van der Waals surface area contributed by atoms with Gasteiger partial charge in [-0.05, 0) is 18.2 Å². The van der Waals surface area contributed by atoms with Crippen LogP contribution in [0.25, 0.3) is 0 Å². The summed E-state index contributed by atoms with van der Waals surface area (Å²) in [5, 5.41) is 8.32. The highest BCUT2D eigenvalue weighted by Gasteiger charge is 2.20. The van der Waals surface area contributed by atoms with Crippen LogP contribution in [0.3, 0.4) is 0 Å². The Balaban J connectivity index is 2.87. The fraction of sp³-hybridized carbons (Fsp3) is 0.364. The van der Waals surface area contributed by atoms with E-state index in [4.69, 9.17) is 20.3 Å². The second-order valence-electron chi connectivity index (χ2n) is 3.30. The molecule has 0 aliphatic carbocycles. The maximum Gasteiger partial charge on any atom is 0.319 e. The fourth-order valence-corrected chi connectivity index (χ4v) is 2.20. The Bertz CT molecular complexity index is 397. The van der Waals surface area contributed by atoms with E-state index >= 15 is 0 Å². The number of nitrogens with two attached hydrogens (primary N) is 1. The first kappa shape index (κ1) is 13.7. The maximum atomic E-state index is 11.0. The van der Waals surface area contributed by atoms with Crippen molar-refractivity contribution in [1.82, 2.24) is 0 Å². The number of carboxylic acid groups (broad SMARTS) is 1. The number of benzene rings is 1. The SMILES string of the molecule is COCC(Sc1cc(OC)ccc1N)C(=O)O. The molecule has 5 nitrogen and oxygen atoms in total. The highest BCUT2D eigenvalue weighted by atomic mass is 32.2. The van der Waals surface area contributed by atoms with Crippen LogP contribution < -0.4 is 10.5 Å². The summed E-state index contributed by atoms with van der Waals surface area (Å²) >= 11 is 1.15. The zero-order valence-electron chi connectivity index (χ0n) is 9.67. The van der Waals surface area contributed by atoms with E-state index < -0.39 is 11.2 Å². The Kier molecular flexibility index (Phi) is 5.11. The van der Waals surface area contributed by atoms with Crippen molar-refractivity contribution in [3.05, 3.63) is 18.2 Å². The third kappa shape index (κ3) is 3.83. The molecule has 0 spiro atoms. The van der Waals surface area contributed by atoms with Crippen molar-refractivity contribution in [3.63, 3.8) is 0 Å². The smallest absolute Gasteiger partial charge is 0.319 e. The largest absolute Gasteiger partial charge is 0.497 e. The topological polar surface area (TPSA) is 81.8 Å². The molecule has 3 N–H and O–H groups in total. The average Bonchev–Trinajstić information content (AvgIpc) is 2.31. The Hall–Kier alpha value is -1.40. The minimum Gasteiger partial charge on any atom is -0.497 e. The first-order chi connectivity index (χ1) is 8.08. The highest BCUT2D eigenvalue weighted by Crippen LogP contribution is 2.32.